The van der Waals surface area contributed by atoms with E-state index in [1.54, 1.807) is 24.3 Å². The molecule has 126 valence electrons. The zero-order valence-electron chi connectivity index (χ0n) is 12.9. The molecule has 1 unspecified atom stereocenters. The Kier molecular flexibility index (Phi) is 5.38. The molecule has 0 saturated carbocycles. The first-order valence-electron chi connectivity index (χ1n) is 6.70. The van der Waals surface area contributed by atoms with E-state index in [0.717, 1.165) is 14.2 Å². The van der Waals surface area contributed by atoms with E-state index in [4.69, 9.17) is 20.9 Å². The number of aromatic nitrogens is 1. The third-order valence-corrected chi connectivity index (χ3v) is 3.59. The highest BCUT2D eigenvalue weighted by Gasteiger charge is 2.33. The van der Waals surface area contributed by atoms with Crippen molar-refractivity contribution >= 4 is 23.5 Å². The maximum absolute atomic E-state index is 12.1. The Morgan fingerprint density at radius 2 is 1.96 bits per heavy atom. The summed E-state index contributed by atoms with van der Waals surface area (Å²) in [4.78, 5) is 23.7. The molecule has 0 aliphatic carbocycles. The average Bonchev–Trinajstić information content (AvgIpc) is 3.04. The van der Waals surface area contributed by atoms with Crippen LogP contribution >= 0.6 is 11.6 Å². The maximum Gasteiger partial charge on any atom is 0.343 e. The highest BCUT2D eigenvalue weighted by Crippen LogP contribution is 2.35. The summed E-state index contributed by atoms with van der Waals surface area (Å²) in [6.07, 6.45) is -1.63. The molecule has 1 aromatic carbocycles. The van der Waals surface area contributed by atoms with Crippen molar-refractivity contribution in [1.29, 1.82) is 0 Å². The molecule has 0 bridgehead atoms. The minimum Gasteiger partial charge on any atom is -0.466 e. The molecule has 0 aliphatic rings. The van der Waals surface area contributed by atoms with E-state index in [-0.39, 0.29) is 22.6 Å². The molecule has 1 aromatic heterocycles. The molecule has 7 nitrogen and oxygen atoms in total. The van der Waals surface area contributed by atoms with Gasteiger partial charge in [0.1, 0.15) is 17.4 Å². The first-order chi connectivity index (χ1) is 11.4. The van der Waals surface area contributed by atoms with Gasteiger partial charge in [-0.15, -0.1) is 0 Å². The van der Waals surface area contributed by atoms with Crippen LogP contribution in [-0.2, 0) is 14.3 Å². The lowest BCUT2D eigenvalue weighted by molar-refractivity contribution is -0.137. The van der Waals surface area contributed by atoms with Crippen molar-refractivity contribution in [3.63, 3.8) is 0 Å². The van der Waals surface area contributed by atoms with Gasteiger partial charge in [-0.1, -0.05) is 41.5 Å². The molecule has 0 amide bonds. The second kappa shape index (κ2) is 7.29. The number of hydrogen-bond acceptors (Lipinski definition) is 7. The predicted molar refractivity (Wildman–Crippen MR) is 84.4 cm³/mol. The van der Waals surface area contributed by atoms with Crippen molar-refractivity contribution in [3.05, 3.63) is 52.8 Å². The Bertz CT molecular complexity index is 798. The summed E-state index contributed by atoms with van der Waals surface area (Å²) >= 11 is 6.11. The van der Waals surface area contributed by atoms with Crippen LogP contribution < -0.4 is 0 Å². The van der Waals surface area contributed by atoms with Crippen molar-refractivity contribution < 1.29 is 28.7 Å². The molecular formula is C16H14ClNO6. The molecule has 0 saturated heterocycles. The zero-order chi connectivity index (χ0) is 17.9. The highest BCUT2D eigenvalue weighted by atomic mass is 35.5. The van der Waals surface area contributed by atoms with Gasteiger partial charge in [0.25, 0.3) is 0 Å². The molecule has 2 rings (SSSR count). The molecule has 1 heterocycles. The largest absolute Gasteiger partial charge is 0.466 e. The highest BCUT2D eigenvalue weighted by molar-refractivity contribution is 6.33. The molecule has 1 atom stereocenters. The van der Waals surface area contributed by atoms with E-state index in [1.807, 2.05) is 0 Å². The van der Waals surface area contributed by atoms with Crippen LogP contribution in [0.4, 0.5) is 0 Å². The lowest BCUT2D eigenvalue weighted by atomic mass is 10.0. The number of carbonyl (C=O) groups excluding carboxylic acids is 2. The molecule has 0 aliphatic heterocycles. The molecular weight excluding hydrogens is 338 g/mol. The third kappa shape index (κ3) is 3.17. The Balaban J connectivity index is 2.59. The lowest BCUT2D eigenvalue weighted by Crippen LogP contribution is -2.15. The summed E-state index contributed by atoms with van der Waals surface area (Å²) in [5, 5.41) is 14.4. The number of aliphatic hydroxyl groups excluding tert-OH is 1. The van der Waals surface area contributed by atoms with Crippen LogP contribution in [0.5, 0.6) is 0 Å². The van der Waals surface area contributed by atoms with Gasteiger partial charge in [0.2, 0.25) is 0 Å². The Morgan fingerprint density at radius 3 is 2.54 bits per heavy atom. The lowest BCUT2D eigenvalue weighted by Gasteiger charge is -2.10. The monoisotopic (exact) mass is 351 g/mol. The Hall–Kier alpha value is -2.64. The first kappa shape index (κ1) is 17.7. The van der Waals surface area contributed by atoms with Gasteiger partial charge in [0, 0.05) is 5.56 Å². The summed E-state index contributed by atoms with van der Waals surface area (Å²) in [6.45, 7) is 3.44. The summed E-state index contributed by atoms with van der Waals surface area (Å²) in [5.74, 6) is -1.95. The van der Waals surface area contributed by atoms with Gasteiger partial charge in [-0.3, -0.25) is 0 Å². The van der Waals surface area contributed by atoms with Crippen molar-refractivity contribution in [1.82, 2.24) is 5.16 Å². The number of methoxy groups -OCH3 is 2. The van der Waals surface area contributed by atoms with E-state index >= 15 is 0 Å². The van der Waals surface area contributed by atoms with Crippen LogP contribution in [-0.4, -0.2) is 36.4 Å². The molecule has 24 heavy (non-hydrogen) atoms. The Morgan fingerprint density at radius 1 is 1.29 bits per heavy atom. The minimum absolute atomic E-state index is 0.0826. The number of hydrogen-bond donors (Lipinski definition) is 1. The number of halogens is 1. The number of esters is 2. The van der Waals surface area contributed by atoms with Gasteiger partial charge in [0.05, 0.1) is 24.8 Å². The molecule has 1 N–H and O–H groups in total. The number of aliphatic hydroxyl groups is 1. The van der Waals surface area contributed by atoms with Crippen molar-refractivity contribution in [2.24, 2.45) is 0 Å². The molecule has 0 spiro atoms. The average molecular weight is 352 g/mol. The minimum atomic E-state index is -1.63. The zero-order valence-corrected chi connectivity index (χ0v) is 13.7. The normalized spacial score (nSPS) is 11.7. The van der Waals surface area contributed by atoms with E-state index in [0.29, 0.717) is 10.6 Å². The second-order valence-electron chi connectivity index (χ2n) is 4.66. The predicted octanol–water partition coefficient (Wildman–Crippen LogP) is 2.54. The van der Waals surface area contributed by atoms with Gasteiger partial charge >= 0.3 is 11.9 Å². The summed E-state index contributed by atoms with van der Waals surface area (Å²) in [5.41, 5.74) is 0.0253. The fourth-order valence-electron chi connectivity index (χ4n) is 2.03. The number of carbonyl (C=O) groups is 2. The first-order valence-corrected chi connectivity index (χ1v) is 7.08. The maximum atomic E-state index is 12.1. The van der Waals surface area contributed by atoms with Crippen molar-refractivity contribution in [2.45, 2.75) is 6.10 Å². The topological polar surface area (TPSA) is 98.9 Å². The van der Waals surface area contributed by atoms with E-state index in [9.17, 15) is 14.7 Å². The van der Waals surface area contributed by atoms with Crippen LogP contribution in [0.25, 0.3) is 11.3 Å². The fourth-order valence-corrected chi connectivity index (χ4v) is 2.25. The van der Waals surface area contributed by atoms with Gasteiger partial charge in [-0.2, -0.15) is 0 Å². The second-order valence-corrected chi connectivity index (χ2v) is 5.07. The quantitative estimate of drug-likeness (QED) is 0.652. The standard InChI is InChI=1S/C16H14ClNO6/c1-8(15(20)22-2)13(19)14-11(16(21)23-3)12(18-24-14)9-6-4-5-7-10(9)17/h4-7,13,19H,1H2,2-3H3. The summed E-state index contributed by atoms with van der Waals surface area (Å²) in [6, 6.07) is 6.63. The fraction of sp³-hybridized carbons (Fsp3) is 0.188. The van der Waals surface area contributed by atoms with Crippen LogP contribution in [0, 0.1) is 0 Å². The summed E-state index contributed by atoms with van der Waals surface area (Å²) in [7, 11) is 2.30. The molecule has 2 aromatic rings. The van der Waals surface area contributed by atoms with Crippen molar-refractivity contribution in [2.75, 3.05) is 14.2 Å². The van der Waals surface area contributed by atoms with Crippen LogP contribution in [0.2, 0.25) is 5.02 Å². The van der Waals surface area contributed by atoms with Gasteiger partial charge in [-0.25, -0.2) is 9.59 Å². The van der Waals surface area contributed by atoms with Gasteiger partial charge in [-0.05, 0) is 6.07 Å². The molecule has 0 fully saturated rings. The number of rotatable bonds is 5. The summed E-state index contributed by atoms with van der Waals surface area (Å²) < 4.78 is 14.3. The van der Waals surface area contributed by atoms with E-state index in [2.05, 4.69) is 16.5 Å². The Labute approximate surface area is 142 Å². The van der Waals surface area contributed by atoms with E-state index in [1.165, 1.54) is 0 Å². The van der Waals surface area contributed by atoms with Gasteiger partial charge in [0.15, 0.2) is 5.76 Å². The molecule has 8 heteroatoms. The number of ether oxygens (including phenoxy) is 2. The van der Waals surface area contributed by atoms with E-state index < -0.39 is 18.0 Å². The van der Waals surface area contributed by atoms with Crippen LogP contribution in [0.1, 0.15) is 22.2 Å². The third-order valence-electron chi connectivity index (χ3n) is 3.26. The van der Waals surface area contributed by atoms with Crippen molar-refractivity contribution in [3.8, 4) is 11.3 Å². The number of benzene rings is 1. The van der Waals surface area contributed by atoms with Crippen LogP contribution in [0.15, 0.2) is 40.9 Å². The van der Waals surface area contributed by atoms with Gasteiger partial charge < -0.3 is 19.1 Å². The number of nitrogens with zero attached hydrogens (tertiary/aromatic N) is 1. The van der Waals surface area contributed by atoms with Crippen LogP contribution in [0.3, 0.4) is 0 Å². The smallest absolute Gasteiger partial charge is 0.343 e. The molecule has 0 radical (unpaired) electrons. The SMILES string of the molecule is C=C(C(=O)OC)C(O)c1onc(-c2ccccc2Cl)c1C(=O)OC.